The van der Waals surface area contributed by atoms with Crippen LogP contribution in [0, 0.1) is 5.82 Å². The maximum Gasteiger partial charge on any atom is 0.191 e. The summed E-state index contributed by atoms with van der Waals surface area (Å²) in [5.41, 5.74) is 0. The third kappa shape index (κ3) is 10.5. The summed E-state index contributed by atoms with van der Waals surface area (Å²) < 4.78 is 18.7. The van der Waals surface area contributed by atoms with Crippen LogP contribution in [-0.2, 0) is 0 Å². The maximum atomic E-state index is 12.9. The van der Waals surface area contributed by atoms with Gasteiger partial charge in [0.1, 0.15) is 17.7 Å². The molecule has 0 aliphatic carbocycles. The largest absolute Gasteiger partial charge is 0.489 e. The van der Waals surface area contributed by atoms with Gasteiger partial charge in [-0.15, -0.1) is 24.0 Å². The van der Waals surface area contributed by atoms with Crippen LogP contribution >= 0.6 is 24.0 Å². The molecule has 2 N–H and O–H groups in total. The molecule has 2 rings (SSSR count). The van der Waals surface area contributed by atoms with Crippen molar-refractivity contribution in [2.24, 2.45) is 4.99 Å². The van der Waals surface area contributed by atoms with Crippen molar-refractivity contribution in [1.82, 2.24) is 20.4 Å². The van der Waals surface area contributed by atoms with E-state index in [2.05, 4.69) is 32.3 Å². The molecule has 8 heteroatoms. The Morgan fingerprint density at radius 3 is 2.38 bits per heavy atom. The highest BCUT2D eigenvalue weighted by atomic mass is 127. The second-order valence-electron chi connectivity index (χ2n) is 7.25. The molecule has 1 aromatic rings. The van der Waals surface area contributed by atoms with E-state index < -0.39 is 0 Å². The molecule has 1 aliphatic heterocycles. The van der Waals surface area contributed by atoms with Crippen LogP contribution in [0.25, 0.3) is 0 Å². The number of benzene rings is 1. The van der Waals surface area contributed by atoms with Gasteiger partial charge in [0.05, 0.1) is 6.54 Å². The van der Waals surface area contributed by atoms with Crippen molar-refractivity contribution in [1.29, 1.82) is 0 Å². The van der Waals surface area contributed by atoms with Gasteiger partial charge in [-0.05, 0) is 57.1 Å². The third-order valence-electron chi connectivity index (χ3n) is 5.04. The highest BCUT2D eigenvalue weighted by Crippen LogP contribution is 2.12. The van der Waals surface area contributed by atoms with Gasteiger partial charge in [0.25, 0.3) is 0 Å². The van der Waals surface area contributed by atoms with Gasteiger partial charge < -0.3 is 25.2 Å². The van der Waals surface area contributed by atoms with E-state index in [-0.39, 0.29) is 35.9 Å². The monoisotopic (exact) mass is 521 g/mol. The van der Waals surface area contributed by atoms with E-state index >= 15 is 0 Å². The van der Waals surface area contributed by atoms with E-state index in [1.165, 1.54) is 51.3 Å². The summed E-state index contributed by atoms with van der Waals surface area (Å²) in [7, 11) is 1.77. The minimum Gasteiger partial charge on any atom is -0.489 e. The Balaban J connectivity index is 0.00000420. The molecular weight excluding hydrogens is 484 g/mol. The Morgan fingerprint density at radius 1 is 1.10 bits per heavy atom. The second-order valence-corrected chi connectivity index (χ2v) is 7.25. The number of ether oxygens (including phenoxy) is 1. The van der Waals surface area contributed by atoms with Gasteiger partial charge in [-0.3, -0.25) is 4.99 Å². The molecule has 0 radical (unpaired) electrons. The van der Waals surface area contributed by atoms with E-state index in [1.807, 2.05) is 6.92 Å². The molecule has 1 aliphatic rings. The van der Waals surface area contributed by atoms with Crippen LogP contribution in [0.4, 0.5) is 4.39 Å². The first-order valence-corrected chi connectivity index (χ1v) is 10.4. The van der Waals surface area contributed by atoms with Gasteiger partial charge in [-0.1, -0.05) is 6.92 Å². The van der Waals surface area contributed by atoms with E-state index in [9.17, 15) is 4.39 Å². The number of nitrogens with zero attached hydrogens (tertiary/aromatic N) is 3. The molecule has 1 unspecified atom stereocenters. The molecule has 166 valence electrons. The van der Waals surface area contributed by atoms with Crippen molar-refractivity contribution < 1.29 is 9.13 Å². The Morgan fingerprint density at radius 2 is 1.76 bits per heavy atom. The summed E-state index contributed by atoms with van der Waals surface area (Å²) in [6.07, 6.45) is 2.27. The molecule has 1 aromatic carbocycles. The minimum absolute atomic E-state index is 0. The number of likely N-dealkylation sites (N-methyl/N-ethyl adjacent to an activating group) is 1. The zero-order chi connectivity index (χ0) is 20.2. The molecule has 1 saturated heterocycles. The summed E-state index contributed by atoms with van der Waals surface area (Å²) >= 11 is 0. The number of piperazine rings is 1. The predicted molar refractivity (Wildman–Crippen MR) is 129 cm³/mol. The van der Waals surface area contributed by atoms with Crippen LogP contribution in [0.1, 0.15) is 26.7 Å². The van der Waals surface area contributed by atoms with E-state index in [0.29, 0.717) is 12.3 Å². The first kappa shape index (κ1) is 25.9. The number of hydrogen-bond acceptors (Lipinski definition) is 4. The van der Waals surface area contributed by atoms with Gasteiger partial charge in [-0.2, -0.15) is 0 Å². The lowest BCUT2D eigenvalue weighted by Crippen LogP contribution is -2.46. The van der Waals surface area contributed by atoms with E-state index in [0.717, 1.165) is 25.5 Å². The van der Waals surface area contributed by atoms with Crippen LogP contribution in [0.5, 0.6) is 5.75 Å². The normalized spacial score (nSPS) is 16.8. The lowest BCUT2D eigenvalue weighted by atomic mass is 10.2. The Labute approximate surface area is 192 Å². The minimum atomic E-state index is -0.258. The average molecular weight is 521 g/mol. The smallest absolute Gasteiger partial charge is 0.191 e. The number of rotatable bonds is 10. The number of halogens is 2. The molecule has 1 heterocycles. The average Bonchev–Trinajstić information content (AvgIpc) is 2.72. The van der Waals surface area contributed by atoms with Gasteiger partial charge in [-0.25, -0.2) is 4.39 Å². The van der Waals surface area contributed by atoms with Gasteiger partial charge in [0.2, 0.25) is 0 Å². The molecule has 0 bridgehead atoms. The summed E-state index contributed by atoms with van der Waals surface area (Å²) in [4.78, 5) is 9.33. The van der Waals surface area contributed by atoms with Gasteiger partial charge >= 0.3 is 0 Å². The molecule has 0 amide bonds. The number of hydrogen-bond donors (Lipinski definition) is 2. The first-order chi connectivity index (χ1) is 13.6. The van der Waals surface area contributed by atoms with Crippen molar-refractivity contribution in [2.45, 2.75) is 32.8 Å². The maximum absolute atomic E-state index is 12.9. The quantitative estimate of drug-likeness (QED) is 0.215. The zero-order valence-electron chi connectivity index (χ0n) is 18.0. The number of aliphatic imine (C=N–C) groups is 1. The summed E-state index contributed by atoms with van der Waals surface area (Å²) in [6, 6.07) is 6.08. The third-order valence-corrected chi connectivity index (χ3v) is 5.04. The van der Waals surface area contributed by atoms with Crippen molar-refractivity contribution in [2.75, 3.05) is 59.4 Å². The predicted octanol–water partition coefficient (Wildman–Crippen LogP) is 2.79. The lowest BCUT2D eigenvalue weighted by Gasteiger charge is -2.34. The summed E-state index contributed by atoms with van der Waals surface area (Å²) in [6.45, 7) is 12.9. The molecule has 0 saturated carbocycles. The van der Waals surface area contributed by atoms with Gasteiger partial charge in [0.15, 0.2) is 5.96 Å². The van der Waals surface area contributed by atoms with Gasteiger partial charge in [0, 0.05) is 39.8 Å². The SMILES string of the molecule is CCN1CCN(CCCCNC(=NC)NCC(C)Oc2ccc(F)cc2)CC1.I. The summed E-state index contributed by atoms with van der Waals surface area (Å²) in [5.74, 6) is 1.19. The number of unbranched alkanes of at least 4 members (excludes halogenated alkanes) is 1. The van der Waals surface area contributed by atoms with E-state index in [4.69, 9.17) is 4.74 Å². The van der Waals surface area contributed by atoms with Crippen LogP contribution in [0.2, 0.25) is 0 Å². The molecule has 0 aromatic heterocycles. The molecule has 29 heavy (non-hydrogen) atoms. The first-order valence-electron chi connectivity index (χ1n) is 10.4. The van der Waals surface area contributed by atoms with Crippen LogP contribution in [-0.4, -0.2) is 81.3 Å². The zero-order valence-corrected chi connectivity index (χ0v) is 20.3. The van der Waals surface area contributed by atoms with Crippen molar-refractivity contribution in [3.63, 3.8) is 0 Å². The Kier molecular flexibility index (Phi) is 13.2. The van der Waals surface area contributed by atoms with Crippen LogP contribution < -0.4 is 15.4 Å². The molecule has 1 atom stereocenters. The number of nitrogens with one attached hydrogen (secondary N) is 2. The van der Waals surface area contributed by atoms with Crippen molar-refractivity contribution in [3.8, 4) is 5.75 Å². The topological polar surface area (TPSA) is 52.1 Å². The van der Waals surface area contributed by atoms with Crippen molar-refractivity contribution >= 4 is 29.9 Å². The Hall–Kier alpha value is -1.13. The molecule has 6 nitrogen and oxygen atoms in total. The summed E-state index contributed by atoms with van der Waals surface area (Å²) in [5, 5.41) is 6.63. The fourth-order valence-corrected chi connectivity index (χ4v) is 3.24. The van der Waals surface area contributed by atoms with E-state index in [1.54, 1.807) is 19.2 Å². The second kappa shape index (κ2) is 14.8. The lowest BCUT2D eigenvalue weighted by molar-refractivity contribution is 0.136. The van der Waals surface area contributed by atoms with Crippen LogP contribution in [0.15, 0.2) is 29.3 Å². The fourth-order valence-electron chi connectivity index (χ4n) is 3.24. The van der Waals surface area contributed by atoms with Crippen molar-refractivity contribution in [3.05, 3.63) is 30.1 Å². The molecule has 1 fully saturated rings. The molecule has 0 spiro atoms. The highest BCUT2D eigenvalue weighted by molar-refractivity contribution is 14.0. The van der Waals surface area contributed by atoms with Crippen LogP contribution in [0.3, 0.4) is 0 Å². The standard InChI is InChI=1S/C21H36FN5O.HI/c1-4-26-13-15-27(16-14-26)12-6-5-11-24-21(23-3)25-17-18(2)28-20-9-7-19(22)8-10-20;/h7-10,18H,4-6,11-17H2,1-3H3,(H2,23,24,25);1H. The fraction of sp³-hybridized carbons (Fsp3) is 0.667. The highest BCUT2D eigenvalue weighted by Gasteiger charge is 2.14. The Bertz CT molecular complexity index is 579. The molecular formula is C21H37FIN5O. The number of guanidine groups is 1.